The molecule has 0 unspecified atom stereocenters. The molecule has 1 amide bonds. The Morgan fingerprint density at radius 3 is 2.65 bits per heavy atom. The van der Waals surface area contributed by atoms with Crippen LogP contribution in [-0.4, -0.2) is 29.8 Å². The summed E-state index contributed by atoms with van der Waals surface area (Å²) in [6.45, 7) is 0.197. The van der Waals surface area contributed by atoms with E-state index >= 15 is 0 Å². The predicted molar refractivity (Wildman–Crippen MR) is 61.6 cm³/mol. The van der Waals surface area contributed by atoms with E-state index in [2.05, 4.69) is 14.8 Å². The van der Waals surface area contributed by atoms with Crippen LogP contribution in [0.3, 0.4) is 0 Å². The number of nitrogens with one attached hydrogen (secondary N) is 1. The molecule has 0 radical (unpaired) electrons. The number of carboxylic acid groups (broad SMARTS) is 1. The lowest BCUT2D eigenvalue weighted by Crippen LogP contribution is -2.27. The van der Waals surface area contributed by atoms with E-state index in [0.717, 1.165) is 0 Å². The second-order valence-electron chi connectivity index (χ2n) is 4.12. The minimum Gasteiger partial charge on any atom is -0.481 e. The molecule has 0 fully saturated rings. The standard InChI is InChI=1S/C12H11F2NO5/c13-12(14)19-8-2-1-7(5-9(8)20-12)3-4-15-10(16)6-11(17)18/h1-2,5H,3-4,6H2,(H,15,16)(H,17,18). The summed E-state index contributed by atoms with van der Waals surface area (Å²) in [7, 11) is 0. The lowest BCUT2D eigenvalue weighted by atomic mass is 10.1. The van der Waals surface area contributed by atoms with Crippen LogP contribution in [-0.2, 0) is 16.0 Å². The highest BCUT2D eigenvalue weighted by Gasteiger charge is 2.43. The Labute approximate surface area is 112 Å². The Morgan fingerprint density at radius 2 is 1.95 bits per heavy atom. The van der Waals surface area contributed by atoms with Crippen LogP contribution in [0.15, 0.2) is 18.2 Å². The van der Waals surface area contributed by atoms with Crippen LogP contribution >= 0.6 is 0 Å². The predicted octanol–water partition coefficient (Wildman–Crippen LogP) is 1.14. The van der Waals surface area contributed by atoms with Gasteiger partial charge in [-0.05, 0) is 24.1 Å². The average molecular weight is 287 g/mol. The molecule has 1 aliphatic heterocycles. The van der Waals surface area contributed by atoms with Crippen molar-refractivity contribution in [2.75, 3.05) is 6.54 Å². The molecule has 2 N–H and O–H groups in total. The quantitative estimate of drug-likeness (QED) is 0.793. The van der Waals surface area contributed by atoms with Gasteiger partial charge in [0.2, 0.25) is 5.91 Å². The van der Waals surface area contributed by atoms with Gasteiger partial charge in [-0.1, -0.05) is 6.07 Å². The van der Waals surface area contributed by atoms with Crippen molar-refractivity contribution < 1.29 is 33.0 Å². The number of amides is 1. The van der Waals surface area contributed by atoms with Crippen LogP contribution in [0.5, 0.6) is 11.5 Å². The maximum Gasteiger partial charge on any atom is 0.586 e. The van der Waals surface area contributed by atoms with Gasteiger partial charge in [-0.25, -0.2) is 0 Å². The summed E-state index contributed by atoms with van der Waals surface area (Å²) in [6, 6.07) is 4.30. The molecule has 1 aliphatic rings. The topological polar surface area (TPSA) is 84.9 Å². The number of rotatable bonds is 5. The maximum atomic E-state index is 12.8. The zero-order valence-corrected chi connectivity index (χ0v) is 10.2. The van der Waals surface area contributed by atoms with E-state index in [4.69, 9.17) is 5.11 Å². The van der Waals surface area contributed by atoms with E-state index in [1.807, 2.05) is 0 Å². The van der Waals surface area contributed by atoms with Crippen LogP contribution in [0.25, 0.3) is 0 Å². The van der Waals surface area contributed by atoms with Gasteiger partial charge in [0.15, 0.2) is 11.5 Å². The zero-order chi connectivity index (χ0) is 14.8. The number of carbonyl (C=O) groups excluding carboxylic acids is 1. The minimum absolute atomic E-state index is 0.0475. The van der Waals surface area contributed by atoms with Crippen molar-refractivity contribution in [1.29, 1.82) is 0 Å². The second-order valence-corrected chi connectivity index (χ2v) is 4.12. The third kappa shape index (κ3) is 3.56. The van der Waals surface area contributed by atoms with Gasteiger partial charge in [-0.15, -0.1) is 8.78 Å². The van der Waals surface area contributed by atoms with Crippen molar-refractivity contribution in [1.82, 2.24) is 5.32 Å². The van der Waals surface area contributed by atoms with Gasteiger partial charge in [0.1, 0.15) is 6.42 Å². The molecule has 1 heterocycles. The second kappa shape index (κ2) is 5.32. The van der Waals surface area contributed by atoms with Crippen LogP contribution in [0.2, 0.25) is 0 Å². The summed E-state index contributed by atoms with van der Waals surface area (Å²) in [5, 5.41) is 10.8. The molecule has 0 saturated carbocycles. The normalized spacial score (nSPS) is 14.9. The van der Waals surface area contributed by atoms with Gasteiger partial charge < -0.3 is 19.9 Å². The number of alkyl halides is 2. The third-order valence-electron chi connectivity index (χ3n) is 2.51. The minimum atomic E-state index is -3.66. The first-order valence-electron chi connectivity index (χ1n) is 5.73. The number of halogens is 2. The molecule has 20 heavy (non-hydrogen) atoms. The van der Waals surface area contributed by atoms with Gasteiger partial charge >= 0.3 is 12.3 Å². The molecule has 0 aliphatic carbocycles. The van der Waals surface area contributed by atoms with Crippen molar-refractivity contribution in [3.05, 3.63) is 23.8 Å². The van der Waals surface area contributed by atoms with E-state index in [0.29, 0.717) is 12.0 Å². The van der Waals surface area contributed by atoms with Crippen molar-refractivity contribution in [3.63, 3.8) is 0 Å². The summed E-state index contributed by atoms with van der Waals surface area (Å²) in [4.78, 5) is 21.3. The fourth-order valence-electron chi connectivity index (χ4n) is 1.70. The van der Waals surface area contributed by atoms with E-state index in [-0.39, 0.29) is 18.0 Å². The van der Waals surface area contributed by atoms with Crippen LogP contribution < -0.4 is 14.8 Å². The highest BCUT2D eigenvalue weighted by Crippen LogP contribution is 2.41. The Morgan fingerprint density at radius 1 is 1.25 bits per heavy atom. The third-order valence-corrected chi connectivity index (χ3v) is 2.51. The Bertz CT molecular complexity index is 547. The van der Waals surface area contributed by atoms with E-state index in [1.165, 1.54) is 12.1 Å². The number of carbonyl (C=O) groups is 2. The molecular weight excluding hydrogens is 276 g/mol. The van der Waals surface area contributed by atoms with Gasteiger partial charge in [0.25, 0.3) is 0 Å². The van der Waals surface area contributed by atoms with Crippen molar-refractivity contribution in [2.45, 2.75) is 19.1 Å². The number of aliphatic carboxylic acids is 1. The van der Waals surface area contributed by atoms with Gasteiger partial charge in [-0.2, -0.15) is 0 Å². The number of fused-ring (bicyclic) bond motifs is 1. The van der Waals surface area contributed by atoms with E-state index in [9.17, 15) is 18.4 Å². The Balaban J connectivity index is 1.87. The van der Waals surface area contributed by atoms with Gasteiger partial charge in [0, 0.05) is 6.54 Å². The van der Waals surface area contributed by atoms with Crippen molar-refractivity contribution in [2.24, 2.45) is 0 Å². The molecule has 1 aromatic rings. The molecule has 0 aromatic heterocycles. The first-order valence-corrected chi connectivity index (χ1v) is 5.73. The summed E-state index contributed by atoms with van der Waals surface area (Å²) in [5.41, 5.74) is 0.653. The zero-order valence-electron chi connectivity index (χ0n) is 10.2. The highest BCUT2D eigenvalue weighted by molar-refractivity contribution is 5.93. The summed E-state index contributed by atoms with van der Waals surface area (Å²) < 4.78 is 34.1. The molecule has 0 atom stereocenters. The van der Waals surface area contributed by atoms with Crippen molar-refractivity contribution in [3.8, 4) is 11.5 Å². The molecule has 0 bridgehead atoms. The molecular formula is C12H11F2NO5. The van der Waals surface area contributed by atoms with Gasteiger partial charge in [-0.3, -0.25) is 9.59 Å². The molecule has 1 aromatic carbocycles. The largest absolute Gasteiger partial charge is 0.586 e. The summed E-state index contributed by atoms with van der Waals surface area (Å²) in [5.74, 6) is -1.93. The molecule has 8 heteroatoms. The van der Waals surface area contributed by atoms with Crippen molar-refractivity contribution >= 4 is 11.9 Å². The smallest absolute Gasteiger partial charge is 0.481 e. The lowest BCUT2D eigenvalue weighted by Gasteiger charge is -2.05. The number of hydrogen-bond acceptors (Lipinski definition) is 4. The maximum absolute atomic E-state index is 12.8. The average Bonchev–Trinajstić information content (AvgIpc) is 2.61. The van der Waals surface area contributed by atoms with Gasteiger partial charge in [0.05, 0.1) is 0 Å². The number of ether oxygens (including phenoxy) is 2. The van der Waals surface area contributed by atoms with E-state index < -0.39 is 24.6 Å². The SMILES string of the molecule is O=C(O)CC(=O)NCCc1ccc2c(c1)OC(F)(F)O2. The van der Waals surface area contributed by atoms with Crippen LogP contribution in [0, 0.1) is 0 Å². The fraction of sp³-hybridized carbons (Fsp3) is 0.333. The van der Waals surface area contributed by atoms with E-state index in [1.54, 1.807) is 6.07 Å². The Hall–Kier alpha value is -2.38. The fourth-order valence-corrected chi connectivity index (χ4v) is 1.70. The monoisotopic (exact) mass is 287 g/mol. The summed E-state index contributed by atoms with van der Waals surface area (Å²) in [6.07, 6.45) is -3.91. The number of carboxylic acids is 1. The number of hydrogen-bond donors (Lipinski definition) is 2. The molecule has 2 rings (SSSR count). The highest BCUT2D eigenvalue weighted by atomic mass is 19.3. The number of benzene rings is 1. The molecule has 6 nitrogen and oxygen atoms in total. The van der Waals surface area contributed by atoms with Crippen LogP contribution in [0.4, 0.5) is 8.78 Å². The molecule has 108 valence electrons. The molecule has 0 saturated heterocycles. The Kier molecular flexibility index (Phi) is 3.73. The first kappa shape index (κ1) is 14.0. The lowest BCUT2D eigenvalue weighted by molar-refractivity contribution is -0.286. The summed E-state index contributed by atoms with van der Waals surface area (Å²) >= 11 is 0. The molecule has 0 spiro atoms. The first-order chi connectivity index (χ1) is 9.35. The van der Waals surface area contributed by atoms with Crippen LogP contribution in [0.1, 0.15) is 12.0 Å².